The molecule has 0 aliphatic heterocycles. The Balaban J connectivity index is 2.54. The standard InChI is InChI=1S/C16H11N3O3/c1-10-3-4-14(5-11(10)2)22-16-7-13(9-18)12(8-17)6-15(16)19(20)21/h3-7H,1-2H3. The Bertz CT molecular complexity index is 845. The van der Waals surface area contributed by atoms with Gasteiger partial charge in [-0.15, -0.1) is 0 Å². The molecule has 6 heteroatoms. The number of aryl methyl sites for hydroxylation is 2. The number of nitrogens with zero attached hydrogens (tertiary/aromatic N) is 3. The fraction of sp³-hybridized carbons (Fsp3) is 0.125. The quantitative estimate of drug-likeness (QED) is 0.633. The lowest BCUT2D eigenvalue weighted by Crippen LogP contribution is -1.97. The van der Waals surface area contributed by atoms with Crippen molar-refractivity contribution in [1.29, 1.82) is 10.5 Å². The van der Waals surface area contributed by atoms with Crippen LogP contribution in [0.15, 0.2) is 30.3 Å². The summed E-state index contributed by atoms with van der Waals surface area (Å²) in [7, 11) is 0. The van der Waals surface area contributed by atoms with Crippen molar-refractivity contribution in [3.05, 3.63) is 62.7 Å². The molecular formula is C16H11N3O3. The first-order chi connectivity index (χ1) is 10.5. The van der Waals surface area contributed by atoms with Gasteiger partial charge in [0.1, 0.15) is 17.9 Å². The zero-order chi connectivity index (χ0) is 16.3. The van der Waals surface area contributed by atoms with Gasteiger partial charge in [0.15, 0.2) is 0 Å². The second kappa shape index (κ2) is 5.94. The minimum absolute atomic E-state index is 0.0342. The SMILES string of the molecule is Cc1ccc(Oc2cc(C#N)c(C#N)cc2[N+](=O)[O-])cc1C. The second-order valence-corrected chi connectivity index (χ2v) is 4.69. The minimum Gasteiger partial charge on any atom is -0.450 e. The molecule has 0 atom stereocenters. The van der Waals surface area contributed by atoms with Gasteiger partial charge in [-0.2, -0.15) is 10.5 Å². The number of hydrogen-bond acceptors (Lipinski definition) is 5. The maximum absolute atomic E-state index is 11.1. The van der Waals surface area contributed by atoms with Crippen LogP contribution in [0.2, 0.25) is 0 Å². The Hall–Kier alpha value is -3.38. The molecule has 2 aromatic rings. The summed E-state index contributed by atoms with van der Waals surface area (Å²) >= 11 is 0. The summed E-state index contributed by atoms with van der Waals surface area (Å²) in [6, 6.07) is 11.1. The van der Waals surface area contributed by atoms with E-state index >= 15 is 0 Å². The Morgan fingerprint density at radius 1 is 1.05 bits per heavy atom. The molecule has 0 saturated heterocycles. The number of hydrogen-bond donors (Lipinski definition) is 0. The highest BCUT2D eigenvalue weighted by molar-refractivity contribution is 5.60. The first kappa shape index (κ1) is 15.0. The maximum atomic E-state index is 11.1. The van der Waals surface area contributed by atoms with Crippen LogP contribution in [0.4, 0.5) is 5.69 Å². The van der Waals surface area contributed by atoms with E-state index in [4.69, 9.17) is 15.3 Å². The van der Waals surface area contributed by atoms with E-state index in [2.05, 4.69) is 0 Å². The Morgan fingerprint density at radius 2 is 1.68 bits per heavy atom. The van der Waals surface area contributed by atoms with Crippen LogP contribution in [0, 0.1) is 46.6 Å². The van der Waals surface area contributed by atoms with Crippen LogP contribution in [0.25, 0.3) is 0 Å². The molecule has 0 fully saturated rings. The van der Waals surface area contributed by atoms with Gasteiger partial charge >= 0.3 is 5.69 Å². The number of benzene rings is 2. The molecule has 0 aliphatic rings. The predicted molar refractivity (Wildman–Crippen MR) is 78.5 cm³/mol. The zero-order valence-corrected chi connectivity index (χ0v) is 12.0. The van der Waals surface area contributed by atoms with Crippen molar-refractivity contribution in [2.24, 2.45) is 0 Å². The van der Waals surface area contributed by atoms with Crippen LogP contribution in [0.3, 0.4) is 0 Å². The molecular weight excluding hydrogens is 282 g/mol. The van der Waals surface area contributed by atoms with Gasteiger partial charge in [0, 0.05) is 12.1 Å². The highest BCUT2D eigenvalue weighted by atomic mass is 16.6. The van der Waals surface area contributed by atoms with Crippen LogP contribution in [-0.2, 0) is 0 Å². The number of nitro groups is 1. The molecule has 0 radical (unpaired) electrons. The van der Waals surface area contributed by atoms with E-state index < -0.39 is 4.92 Å². The van der Waals surface area contributed by atoms with E-state index in [9.17, 15) is 10.1 Å². The van der Waals surface area contributed by atoms with Crippen molar-refractivity contribution >= 4 is 5.69 Å². The first-order valence-corrected chi connectivity index (χ1v) is 6.34. The summed E-state index contributed by atoms with van der Waals surface area (Å²) in [5.74, 6) is 0.364. The highest BCUT2D eigenvalue weighted by Gasteiger charge is 2.20. The van der Waals surface area contributed by atoms with Gasteiger partial charge in [-0.05, 0) is 37.1 Å². The summed E-state index contributed by atoms with van der Waals surface area (Å²) in [6.07, 6.45) is 0. The Kier molecular flexibility index (Phi) is 4.06. The van der Waals surface area contributed by atoms with Crippen molar-refractivity contribution in [2.75, 3.05) is 0 Å². The second-order valence-electron chi connectivity index (χ2n) is 4.69. The molecule has 0 amide bonds. The highest BCUT2D eigenvalue weighted by Crippen LogP contribution is 2.34. The molecule has 6 nitrogen and oxygen atoms in total. The van der Waals surface area contributed by atoms with Crippen molar-refractivity contribution in [3.8, 4) is 23.6 Å². The lowest BCUT2D eigenvalue weighted by atomic mass is 10.1. The van der Waals surface area contributed by atoms with E-state index in [1.807, 2.05) is 26.0 Å². The number of nitro benzene ring substituents is 1. The molecule has 2 aromatic carbocycles. The van der Waals surface area contributed by atoms with Crippen LogP contribution in [0.1, 0.15) is 22.3 Å². The van der Waals surface area contributed by atoms with E-state index in [1.165, 1.54) is 6.07 Å². The fourth-order valence-corrected chi connectivity index (χ4v) is 1.88. The summed E-state index contributed by atoms with van der Waals surface area (Å²) in [6.45, 7) is 3.84. The topological polar surface area (TPSA) is 99.9 Å². The Morgan fingerprint density at radius 3 is 2.23 bits per heavy atom. The molecule has 0 bridgehead atoms. The monoisotopic (exact) mass is 293 g/mol. The average molecular weight is 293 g/mol. The molecule has 0 heterocycles. The van der Waals surface area contributed by atoms with Crippen LogP contribution >= 0.6 is 0 Å². The van der Waals surface area contributed by atoms with E-state index in [1.54, 1.807) is 18.2 Å². The largest absolute Gasteiger partial charge is 0.450 e. The molecule has 0 spiro atoms. The van der Waals surface area contributed by atoms with Crippen molar-refractivity contribution < 1.29 is 9.66 Å². The van der Waals surface area contributed by atoms with Crippen molar-refractivity contribution in [2.45, 2.75) is 13.8 Å². The van der Waals surface area contributed by atoms with E-state index in [0.29, 0.717) is 5.75 Å². The molecule has 0 saturated carbocycles. The minimum atomic E-state index is -0.641. The third-order valence-corrected chi connectivity index (χ3v) is 3.24. The van der Waals surface area contributed by atoms with Crippen molar-refractivity contribution in [1.82, 2.24) is 0 Å². The van der Waals surface area contributed by atoms with Gasteiger partial charge in [0.05, 0.1) is 16.1 Å². The number of nitriles is 2. The fourth-order valence-electron chi connectivity index (χ4n) is 1.88. The summed E-state index contributed by atoms with van der Waals surface area (Å²) in [4.78, 5) is 10.5. The summed E-state index contributed by atoms with van der Waals surface area (Å²) in [5.41, 5.74) is 1.68. The smallest absolute Gasteiger partial charge is 0.312 e. The number of ether oxygens (including phenoxy) is 1. The third kappa shape index (κ3) is 2.87. The third-order valence-electron chi connectivity index (χ3n) is 3.24. The average Bonchev–Trinajstić information content (AvgIpc) is 2.50. The van der Waals surface area contributed by atoms with E-state index in [0.717, 1.165) is 17.2 Å². The van der Waals surface area contributed by atoms with Crippen LogP contribution in [-0.4, -0.2) is 4.92 Å². The summed E-state index contributed by atoms with van der Waals surface area (Å²) in [5, 5.41) is 29.1. The molecule has 0 N–H and O–H groups in total. The Labute approximate surface area is 126 Å². The maximum Gasteiger partial charge on any atom is 0.312 e. The van der Waals surface area contributed by atoms with Gasteiger partial charge in [-0.25, -0.2) is 0 Å². The number of rotatable bonds is 3. The molecule has 108 valence electrons. The van der Waals surface area contributed by atoms with Crippen LogP contribution < -0.4 is 4.74 Å². The lowest BCUT2D eigenvalue weighted by molar-refractivity contribution is -0.385. The first-order valence-electron chi connectivity index (χ1n) is 6.34. The van der Waals surface area contributed by atoms with Gasteiger partial charge in [0.2, 0.25) is 5.75 Å². The van der Waals surface area contributed by atoms with Gasteiger partial charge < -0.3 is 4.74 Å². The molecule has 22 heavy (non-hydrogen) atoms. The predicted octanol–water partition coefficient (Wildman–Crippen LogP) is 3.75. The molecule has 0 unspecified atom stereocenters. The lowest BCUT2D eigenvalue weighted by Gasteiger charge is -2.09. The van der Waals surface area contributed by atoms with Crippen molar-refractivity contribution in [3.63, 3.8) is 0 Å². The van der Waals surface area contributed by atoms with Gasteiger partial charge in [0.25, 0.3) is 0 Å². The molecule has 0 aliphatic carbocycles. The van der Waals surface area contributed by atoms with Gasteiger partial charge in [-0.1, -0.05) is 6.07 Å². The van der Waals surface area contributed by atoms with E-state index in [-0.39, 0.29) is 22.6 Å². The normalized spacial score (nSPS) is 9.64. The molecule has 0 aromatic heterocycles. The summed E-state index contributed by atoms with van der Waals surface area (Å²) < 4.78 is 5.55. The molecule has 2 rings (SSSR count). The van der Waals surface area contributed by atoms with Crippen LogP contribution in [0.5, 0.6) is 11.5 Å². The van der Waals surface area contributed by atoms with Gasteiger partial charge in [-0.3, -0.25) is 10.1 Å². The zero-order valence-electron chi connectivity index (χ0n) is 12.0.